The summed E-state index contributed by atoms with van der Waals surface area (Å²) in [7, 11) is 5.24. The number of nitrogens with zero attached hydrogens (tertiary/aromatic N) is 2. The molecule has 296 valence electrons. The maximum atomic E-state index is 14.6. The predicted molar refractivity (Wildman–Crippen MR) is 200 cm³/mol. The standard InChI is InChI=1S/C41H62N2O10/c1-12-31-41(8)35(43(39(48)53-41)21-17-16-20-29-18-14-13-15-19-29)26(4)32(44)24(2)23-40(7,49-11)36(27(5)33(45)28(6)37(47)51-31)52-38-34(46)30(42(9)10)22-25(3)50-38/h13-16,18-20,24-28,30-31,34-36,38,46H,12,17,21-23H2,1-11H3/b20-16-/t24-,25-,26+,27+,28-,30+,31-,34-,35+,36-,38+,40-,41-/m1/s1. The highest BCUT2D eigenvalue weighted by molar-refractivity contribution is 6.00. The smallest absolute Gasteiger partial charge is 0.410 e. The Bertz CT molecular complexity index is 1470. The first-order valence-electron chi connectivity index (χ1n) is 19.1. The number of benzene rings is 1. The molecule has 3 heterocycles. The Morgan fingerprint density at radius 2 is 1.66 bits per heavy atom. The van der Waals surface area contributed by atoms with Gasteiger partial charge < -0.3 is 38.6 Å². The molecule has 13 atom stereocenters. The molecular formula is C41H62N2O10. The summed E-state index contributed by atoms with van der Waals surface area (Å²) in [5.41, 5.74) is -1.62. The van der Waals surface area contributed by atoms with Crippen LogP contribution in [-0.4, -0.2) is 120 Å². The molecule has 0 aromatic heterocycles. The lowest BCUT2D eigenvalue weighted by Crippen LogP contribution is -2.60. The van der Waals surface area contributed by atoms with Crippen molar-refractivity contribution in [2.75, 3.05) is 27.7 Å². The average Bonchev–Trinajstić information content (AvgIpc) is 3.39. The van der Waals surface area contributed by atoms with Crippen molar-refractivity contribution in [1.29, 1.82) is 0 Å². The molecule has 0 saturated carbocycles. The molecule has 0 bridgehead atoms. The quantitative estimate of drug-likeness (QED) is 0.261. The van der Waals surface area contributed by atoms with Gasteiger partial charge in [0.1, 0.15) is 23.9 Å². The zero-order valence-corrected chi connectivity index (χ0v) is 33.4. The Kier molecular flexibility index (Phi) is 14.1. The number of cyclic esters (lactones) is 1. The van der Waals surface area contributed by atoms with Crippen molar-refractivity contribution in [3.05, 3.63) is 42.0 Å². The third-order valence-electron chi connectivity index (χ3n) is 11.8. The number of ether oxygens (including phenoxy) is 5. The number of amides is 1. The molecule has 3 fully saturated rings. The van der Waals surface area contributed by atoms with Gasteiger partial charge in [-0.3, -0.25) is 14.4 Å². The van der Waals surface area contributed by atoms with Gasteiger partial charge in [-0.25, -0.2) is 4.79 Å². The van der Waals surface area contributed by atoms with Crippen LogP contribution < -0.4 is 0 Å². The topological polar surface area (TPSA) is 141 Å². The third-order valence-corrected chi connectivity index (χ3v) is 11.8. The summed E-state index contributed by atoms with van der Waals surface area (Å²) in [6.45, 7) is 14.2. The lowest BCUT2D eigenvalue weighted by atomic mass is 9.73. The molecule has 3 saturated heterocycles. The first-order valence-corrected chi connectivity index (χ1v) is 19.1. The van der Waals surface area contributed by atoms with E-state index in [1.807, 2.05) is 82.3 Å². The molecule has 53 heavy (non-hydrogen) atoms. The summed E-state index contributed by atoms with van der Waals surface area (Å²) in [5, 5.41) is 11.4. The van der Waals surface area contributed by atoms with E-state index < -0.39 is 83.4 Å². The molecule has 4 rings (SSSR count). The number of esters is 1. The van der Waals surface area contributed by atoms with Gasteiger partial charge in [0.25, 0.3) is 0 Å². The third kappa shape index (κ3) is 9.05. The summed E-state index contributed by atoms with van der Waals surface area (Å²) >= 11 is 0. The highest BCUT2D eigenvalue weighted by Gasteiger charge is 2.60. The SMILES string of the molecule is CC[C@H]1OC(=O)[C@H](C)C(=O)[C@H](C)[C@@H](O[C@@H]2O[C@H](C)C[C@H](N(C)C)[C@H]2O)[C@](C)(OC)C[C@@H](C)C(=O)[C@H](C)[C@@H]2N(CC/C=C\c3ccccc3)C(=O)O[C@@]21C. The molecular weight excluding hydrogens is 680 g/mol. The van der Waals surface area contributed by atoms with Gasteiger partial charge in [0.15, 0.2) is 17.7 Å². The van der Waals surface area contributed by atoms with Crippen LogP contribution >= 0.6 is 0 Å². The summed E-state index contributed by atoms with van der Waals surface area (Å²) in [6.07, 6.45) is 0.451. The Hall–Kier alpha value is -3.16. The average molecular weight is 743 g/mol. The van der Waals surface area contributed by atoms with Crippen LogP contribution in [0.3, 0.4) is 0 Å². The van der Waals surface area contributed by atoms with Crippen LogP contribution in [-0.2, 0) is 38.1 Å². The predicted octanol–water partition coefficient (Wildman–Crippen LogP) is 5.29. The number of fused-ring (bicyclic) bond motifs is 1. The molecule has 0 radical (unpaired) electrons. The fourth-order valence-corrected chi connectivity index (χ4v) is 8.71. The maximum Gasteiger partial charge on any atom is 0.410 e. The van der Waals surface area contributed by atoms with Gasteiger partial charge in [0.05, 0.1) is 23.9 Å². The van der Waals surface area contributed by atoms with Crippen molar-refractivity contribution in [3.8, 4) is 0 Å². The zero-order valence-electron chi connectivity index (χ0n) is 33.4. The second kappa shape index (κ2) is 17.5. The molecule has 0 unspecified atom stereocenters. The Balaban J connectivity index is 1.74. The van der Waals surface area contributed by atoms with E-state index in [4.69, 9.17) is 23.7 Å². The zero-order chi connectivity index (χ0) is 39.4. The van der Waals surface area contributed by atoms with Gasteiger partial charge in [-0.15, -0.1) is 0 Å². The lowest BCUT2D eigenvalue weighted by Gasteiger charge is -2.47. The second-order valence-electron chi connectivity index (χ2n) is 16.0. The molecule has 1 aromatic rings. The number of rotatable bonds is 9. The van der Waals surface area contributed by atoms with Crippen LogP contribution in [0.5, 0.6) is 0 Å². The van der Waals surface area contributed by atoms with E-state index in [9.17, 15) is 24.3 Å². The molecule has 1 N–H and O–H groups in total. The lowest BCUT2D eigenvalue weighted by molar-refractivity contribution is -0.295. The molecule has 3 aliphatic heterocycles. The molecule has 3 aliphatic rings. The van der Waals surface area contributed by atoms with Crippen molar-refractivity contribution in [1.82, 2.24) is 9.80 Å². The first-order chi connectivity index (χ1) is 24.9. The van der Waals surface area contributed by atoms with Crippen molar-refractivity contribution in [2.45, 2.75) is 135 Å². The number of likely N-dealkylation sites (N-methyl/N-ethyl adjacent to an activating group) is 1. The highest BCUT2D eigenvalue weighted by Crippen LogP contribution is 2.43. The Labute approximate surface area is 315 Å². The molecule has 1 aromatic carbocycles. The van der Waals surface area contributed by atoms with E-state index in [1.54, 1.807) is 32.6 Å². The summed E-state index contributed by atoms with van der Waals surface area (Å²) in [4.78, 5) is 59.9. The molecule has 0 spiro atoms. The van der Waals surface area contributed by atoms with Crippen LogP contribution in [0.25, 0.3) is 6.08 Å². The van der Waals surface area contributed by atoms with E-state index in [1.165, 1.54) is 14.0 Å². The highest BCUT2D eigenvalue weighted by atomic mass is 16.7. The largest absolute Gasteiger partial charge is 0.458 e. The van der Waals surface area contributed by atoms with Crippen molar-refractivity contribution < 1.29 is 48.0 Å². The van der Waals surface area contributed by atoms with Crippen LogP contribution in [0.15, 0.2) is 36.4 Å². The number of ketones is 2. The van der Waals surface area contributed by atoms with Crippen molar-refractivity contribution in [2.24, 2.45) is 23.7 Å². The summed E-state index contributed by atoms with van der Waals surface area (Å²) in [5.74, 6) is -4.90. The molecule has 1 amide bonds. The minimum absolute atomic E-state index is 0.137. The van der Waals surface area contributed by atoms with Gasteiger partial charge >= 0.3 is 12.1 Å². The number of carbonyl (C=O) groups excluding carboxylic acids is 4. The van der Waals surface area contributed by atoms with E-state index in [0.717, 1.165) is 5.56 Å². The number of hydrogen-bond donors (Lipinski definition) is 1. The number of aliphatic hydroxyl groups is 1. The molecule has 12 nitrogen and oxygen atoms in total. The van der Waals surface area contributed by atoms with Crippen LogP contribution in [0, 0.1) is 23.7 Å². The monoisotopic (exact) mass is 742 g/mol. The van der Waals surface area contributed by atoms with Crippen molar-refractivity contribution in [3.63, 3.8) is 0 Å². The van der Waals surface area contributed by atoms with E-state index in [-0.39, 0.29) is 37.3 Å². The van der Waals surface area contributed by atoms with Gasteiger partial charge in [0, 0.05) is 37.5 Å². The minimum atomic E-state index is -1.39. The van der Waals surface area contributed by atoms with Gasteiger partial charge in [-0.05, 0) is 73.0 Å². The van der Waals surface area contributed by atoms with Gasteiger partial charge in [-0.2, -0.15) is 0 Å². The van der Waals surface area contributed by atoms with Crippen LogP contribution in [0.4, 0.5) is 4.79 Å². The van der Waals surface area contributed by atoms with Gasteiger partial charge in [-0.1, -0.05) is 70.2 Å². The van der Waals surface area contributed by atoms with E-state index in [0.29, 0.717) is 12.8 Å². The number of methoxy groups -OCH3 is 1. The first kappa shape index (κ1) is 42.6. The molecule has 0 aliphatic carbocycles. The summed E-state index contributed by atoms with van der Waals surface area (Å²) in [6, 6.07) is 8.76. The fraction of sp³-hybridized carbons (Fsp3) is 0.707. The van der Waals surface area contributed by atoms with Crippen molar-refractivity contribution >= 4 is 29.7 Å². The maximum absolute atomic E-state index is 14.6. The number of carbonyl (C=O) groups is 4. The number of hydrogen-bond acceptors (Lipinski definition) is 11. The van der Waals surface area contributed by atoms with Crippen LogP contribution in [0.1, 0.15) is 86.6 Å². The normalized spacial score (nSPS) is 39.2. The Morgan fingerprint density at radius 3 is 2.26 bits per heavy atom. The second-order valence-corrected chi connectivity index (χ2v) is 16.0. The molecule has 12 heteroatoms. The van der Waals surface area contributed by atoms with Gasteiger partial charge in [0.2, 0.25) is 0 Å². The van der Waals surface area contributed by atoms with E-state index >= 15 is 0 Å². The Morgan fingerprint density at radius 1 is 1.00 bits per heavy atom. The minimum Gasteiger partial charge on any atom is -0.458 e. The van der Waals surface area contributed by atoms with E-state index in [2.05, 4.69) is 0 Å². The summed E-state index contributed by atoms with van der Waals surface area (Å²) < 4.78 is 31.1. The number of Topliss-reactive ketones (excluding diaryl/α,β-unsaturated/α-hetero) is 2. The fourth-order valence-electron chi connectivity index (χ4n) is 8.71. The van der Waals surface area contributed by atoms with Crippen LogP contribution in [0.2, 0.25) is 0 Å². The number of aliphatic hydroxyl groups excluding tert-OH is 1.